The molecule has 0 unspecified atom stereocenters. The van der Waals surface area contributed by atoms with Crippen LogP contribution in [0.4, 0.5) is 0 Å². The first-order valence-electron chi connectivity index (χ1n) is 49.0. The van der Waals surface area contributed by atoms with Gasteiger partial charge in [-0.2, -0.15) is 0 Å². The standard InChI is InChI=1S/C28H34O4.C25H28O9.C25H28O5.C23H32O4.C20H26O4/c1-17-11-23(13-19(15-29)25(17)31)27(3,4)21-7-9-22(10-8-21)28(5,6)24-12-18(2)26(32)20(14-24)16-30;26-7-16-1-13(2-17(8-27)23(16)32)22(14-3-18(9-28)24(33)19(4-14)10-29)15-5-20(11-30)25(34)21(6-15)12-31;1-14-4-17(10-19-6-15(2)8-21(12-26)24(19)29)23(28)18(5-14)11-20-7-16(3)9-22(13-27)25(20)30;1-7-15-9-19(11-17(13-26-5)21(15)24)23(3,4)20-10-16(8-2)22(25)18(12-20)14-27-6;1-5-13-7-15(9-17(11-23-3)19(13)21)16-8-14(6-2)20(22)18(10-16)12-24-4/h7-14,29-32H,15-16H2,1-6H3;1-6,22,26-34H,7-12H2;4-9,26-30H,10-13H2,1-3H3;9-12,24-25H,7-8,13-14H2,1-6H3;7-10,21-22H,5-6,11-12H2,1-4H3. The lowest BCUT2D eigenvalue weighted by molar-refractivity contribution is 0.181. The van der Waals surface area contributed by atoms with Crippen LogP contribution in [-0.4, -0.2) is 141 Å². The Morgan fingerprint density at radius 2 is 0.374 bits per heavy atom. The molecule has 0 aliphatic carbocycles. The molecule has 13 aromatic carbocycles. The van der Waals surface area contributed by atoms with Gasteiger partial charge in [-0.15, -0.1) is 0 Å². The molecule has 0 radical (unpaired) electrons. The Labute approximate surface area is 862 Å². The van der Waals surface area contributed by atoms with Crippen molar-refractivity contribution in [1.82, 2.24) is 0 Å². The smallest absolute Gasteiger partial charge is 0.126 e. The van der Waals surface area contributed by atoms with Crippen LogP contribution in [-0.2, 0) is 166 Å². The summed E-state index contributed by atoms with van der Waals surface area (Å²) in [6, 6.07) is 52.3. The third-order valence-electron chi connectivity index (χ3n) is 27.7. The molecule has 0 aliphatic rings. The van der Waals surface area contributed by atoms with Crippen LogP contribution in [0.1, 0.15) is 275 Å². The van der Waals surface area contributed by atoms with Crippen molar-refractivity contribution < 1.29 is 131 Å². The Kier molecular flexibility index (Phi) is 41.9. The normalized spacial score (nSPS) is 11.5. The van der Waals surface area contributed by atoms with E-state index < -0.39 is 45.6 Å². The summed E-state index contributed by atoms with van der Waals surface area (Å²) in [5, 5.41) is 222. The molecule has 0 bridgehead atoms. The molecule has 0 amide bonds. The summed E-state index contributed by atoms with van der Waals surface area (Å²) < 4.78 is 21.0. The lowest BCUT2D eigenvalue weighted by Gasteiger charge is -2.30. The van der Waals surface area contributed by atoms with E-state index >= 15 is 0 Å². The molecular formula is C121H148O26. The zero-order valence-corrected chi connectivity index (χ0v) is 87.9. The molecule has 0 aliphatic heterocycles. The second-order valence-corrected chi connectivity index (χ2v) is 39.0. The summed E-state index contributed by atoms with van der Waals surface area (Å²) in [6.07, 6.45) is 3.58. The molecule has 788 valence electrons. The van der Waals surface area contributed by atoms with Crippen molar-refractivity contribution in [3.05, 3.63) is 370 Å². The minimum Gasteiger partial charge on any atom is -0.507 e. The molecule has 0 aromatic heterocycles. The summed E-state index contributed by atoms with van der Waals surface area (Å²) in [5.41, 5.74) is 25.6. The Bertz CT molecular complexity index is 6210. The minimum atomic E-state index is -0.733. The summed E-state index contributed by atoms with van der Waals surface area (Å²) in [5.74, 6) is 0.203. The lowest BCUT2D eigenvalue weighted by atomic mass is 9.74. The number of aromatic hydroxyl groups is 12. The van der Waals surface area contributed by atoms with E-state index in [1.54, 1.807) is 40.6 Å². The quantitative estimate of drug-likeness (QED) is 0.0162. The van der Waals surface area contributed by atoms with Crippen molar-refractivity contribution >= 4 is 0 Å². The maximum Gasteiger partial charge on any atom is 0.126 e. The number of benzene rings is 13. The van der Waals surface area contributed by atoms with E-state index in [0.29, 0.717) is 123 Å². The number of hydrogen-bond acceptors (Lipinski definition) is 26. The Hall–Kier alpha value is -13.1. The van der Waals surface area contributed by atoms with Crippen molar-refractivity contribution in [2.75, 3.05) is 28.4 Å². The maximum atomic E-state index is 10.9. The van der Waals surface area contributed by atoms with Crippen molar-refractivity contribution in [1.29, 1.82) is 0 Å². The van der Waals surface area contributed by atoms with E-state index in [4.69, 9.17) is 18.9 Å². The Balaban J connectivity index is 0.000000205. The number of ether oxygens (including phenoxy) is 4. The molecule has 22 N–H and O–H groups in total. The molecule has 0 atom stereocenters. The van der Waals surface area contributed by atoms with E-state index in [2.05, 4.69) is 77.9 Å². The van der Waals surface area contributed by atoms with Gasteiger partial charge in [0.25, 0.3) is 0 Å². The van der Waals surface area contributed by atoms with Crippen molar-refractivity contribution in [3.8, 4) is 80.1 Å². The van der Waals surface area contributed by atoms with Gasteiger partial charge in [0, 0.05) is 141 Å². The van der Waals surface area contributed by atoms with Crippen LogP contribution in [0.5, 0.6) is 69.0 Å². The predicted octanol–water partition coefficient (Wildman–Crippen LogP) is 19.2. The van der Waals surface area contributed by atoms with Crippen LogP contribution >= 0.6 is 0 Å². The topological polar surface area (TPSA) is 482 Å². The maximum absolute atomic E-state index is 10.9. The van der Waals surface area contributed by atoms with Crippen LogP contribution < -0.4 is 0 Å². The van der Waals surface area contributed by atoms with E-state index in [-0.39, 0.29) is 122 Å². The van der Waals surface area contributed by atoms with Gasteiger partial charge in [0.2, 0.25) is 0 Å². The Morgan fingerprint density at radius 3 is 0.612 bits per heavy atom. The van der Waals surface area contributed by atoms with Gasteiger partial charge < -0.3 is 131 Å². The van der Waals surface area contributed by atoms with E-state index in [0.717, 1.165) is 143 Å². The molecule has 147 heavy (non-hydrogen) atoms. The molecule has 0 spiro atoms. The monoisotopic (exact) mass is 2020 g/mol. The third-order valence-corrected chi connectivity index (χ3v) is 27.7. The SMILES string of the molecule is CCc1cc(-c2cc(CC)c(O)c(COC)c2)cc(COC)c1O.CCc1cc(C(C)(C)c2cc(CC)c(O)c(COC)c2)cc(COC)c1O.Cc1cc(C(C)(C)c2ccc(C(C)(C)c3cc(C)c(O)c(CO)c3)cc2)cc(CO)c1O.Cc1cc(CO)c(O)c(Cc2cc(C)cc(Cc3cc(C)cc(CO)c3O)c2O)c1.OCc1cc(C(c2cc(CO)c(O)c(CO)c2)c2cc(CO)c(O)c(CO)c2)cc(CO)c1O. The average Bonchev–Trinajstić information content (AvgIpc) is 0.782. The van der Waals surface area contributed by atoms with E-state index in [1.807, 2.05) is 147 Å². The van der Waals surface area contributed by atoms with Gasteiger partial charge in [-0.25, -0.2) is 0 Å². The number of phenolic OH excluding ortho intramolecular Hbond substituents is 5. The largest absolute Gasteiger partial charge is 0.507 e. The molecule has 26 nitrogen and oxygen atoms in total. The zero-order chi connectivity index (χ0) is 109. The number of aliphatic hydroxyl groups excluding tert-OH is 10. The summed E-state index contributed by atoms with van der Waals surface area (Å²) in [7, 11) is 6.50. The van der Waals surface area contributed by atoms with Gasteiger partial charge in [0.15, 0.2) is 0 Å². The highest BCUT2D eigenvalue weighted by molar-refractivity contribution is 5.71. The highest BCUT2D eigenvalue weighted by Gasteiger charge is 2.33. The van der Waals surface area contributed by atoms with Gasteiger partial charge in [-0.3, -0.25) is 0 Å². The van der Waals surface area contributed by atoms with Crippen molar-refractivity contribution in [2.45, 2.75) is 257 Å². The molecule has 0 saturated heterocycles. The van der Waals surface area contributed by atoms with Gasteiger partial charge >= 0.3 is 0 Å². The molecule has 0 saturated carbocycles. The van der Waals surface area contributed by atoms with Gasteiger partial charge in [0.05, 0.1) is 92.5 Å². The van der Waals surface area contributed by atoms with E-state index in [1.165, 1.54) is 36.4 Å². The van der Waals surface area contributed by atoms with E-state index in [9.17, 15) is 112 Å². The average molecular weight is 2020 g/mol. The zero-order valence-electron chi connectivity index (χ0n) is 87.9. The van der Waals surface area contributed by atoms with Gasteiger partial charge in [-0.1, -0.05) is 171 Å². The fourth-order valence-corrected chi connectivity index (χ4v) is 18.9. The van der Waals surface area contributed by atoms with Crippen LogP contribution in [0.2, 0.25) is 0 Å². The second kappa shape index (κ2) is 52.5. The molecule has 26 heteroatoms. The fourth-order valence-electron chi connectivity index (χ4n) is 18.9. The molecule has 0 heterocycles. The van der Waals surface area contributed by atoms with Gasteiger partial charge in [0.1, 0.15) is 69.0 Å². The number of methoxy groups -OCH3 is 4. The number of aliphatic hydroxyl groups is 10. The van der Waals surface area contributed by atoms with Crippen LogP contribution in [0.15, 0.2) is 170 Å². The van der Waals surface area contributed by atoms with Crippen LogP contribution in [0.3, 0.4) is 0 Å². The van der Waals surface area contributed by atoms with Crippen LogP contribution in [0.25, 0.3) is 11.1 Å². The highest BCUT2D eigenvalue weighted by Crippen LogP contribution is 2.47. The first-order valence-corrected chi connectivity index (χ1v) is 49.0. The second-order valence-electron chi connectivity index (χ2n) is 39.0. The number of phenols is 12. The lowest BCUT2D eigenvalue weighted by Crippen LogP contribution is -2.22. The molecule has 13 aromatic rings. The van der Waals surface area contributed by atoms with Crippen molar-refractivity contribution in [3.63, 3.8) is 0 Å². The molecule has 0 fully saturated rings. The number of hydrogen-bond donors (Lipinski definition) is 22. The summed E-state index contributed by atoms with van der Waals surface area (Å²) in [6.45, 7) is 27.8. The first kappa shape index (κ1) is 117. The molecular weight excluding hydrogens is 1870 g/mol. The predicted molar refractivity (Wildman–Crippen MR) is 569 cm³/mol. The Morgan fingerprint density at radius 1 is 0.204 bits per heavy atom. The molecule has 13 rings (SSSR count). The first-order chi connectivity index (χ1) is 69.8. The summed E-state index contributed by atoms with van der Waals surface area (Å²) in [4.78, 5) is 0. The third kappa shape index (κ3) is 27.3. The number of rotatable bonds is 36. The van der Waals surface area contributed by atoms with Crippen LogP contribution in [0, 0.1) is 34.6 Å². The van der Waals surface area contributed by atoms with Gasteiger partial charge in [-0.05, 0) is 262 Å². The fraction of sp³-hybridized carbons (Fsp3) is 0.355. The summed E-state index contributed by atoms with van der Waals surface area (Å²) >= 11 is 0. The van der Waals surface area contributed by atoms with Crippen molar-refractivity contribution in [2.24, 2.45) is 0 Å². The minimum absolute atomic E-state index is 0.0365. The number of aryl methyl sites for hydroxylation is 9. The highest BCUT2D eigenvalue weighted by atomic mass is 16.5.